The summed E-state index contributed by atoms with van der Waals surface area (Å²) in [6.07, 6.45) is 3.46. The van der Waals surface area contributed by atoms with Crippen molar-refractivity contribution in [2.75, 3.05) is 13.7 Å². The fourth-order valence-corrected chi connectivity index (χ4v) is 2.82. The van der Waals surface area contributed by atoms with Crippen molar-refractivity contribution in [1.29, 1.82) is 0 Å². The SMILES string of the molecule is COc1cccc(CNC(=O)COc2ccc3c(c2)CCC3)c1. The van der Waals surface area contributed by atoms with Crippen LogP contribution in [0, 0.1) is 0 Å². The Morgan fingerprint density at radius 2 is 1.96 bits per heavy atom. The molecule has 120 valence electrons. The molecule has 0 fully saturated rings. The maximum absolute atomic E-state index is 11.9. The van der Waals surface area contributed by atoms with Crippen LogP contribution >= 0.6 is 0 Å². The number of carbonyl (C=O) groups excluding carboxylic acids is 1. The van der Waals surface area contributed by atoms with Gasteiger partial charge in [0.15, 0.2) is 6.61 Å². The number of aryl methyl sites for hydroxylation is 2. The van der Waals surface area contributed by atoms with Crippen molar-refractivity contribution >= 4 is 5.91 Å². The molecule has 0 aliphatic heterocycles. The average Bonchev–Trinajstić information content (AvgIpc) is 3.06. The summed E-state index contributed by atoms with van der Waals surface area (Å²) in [5.74, 6) is 1.42. The summed E-state index contributed by atoms with van der Waals surface area (Å²) in [6, 6.07) is 13.7. The quantitative estimate of drug-likeness (QED) is 0.892. The molecule has 0 aromatic heterocycles. The Labute approximate surface area is 136 Å². The molecule has 0 saturated carbocycles. The number of rotatable bonds is 6. The molecule has 0 unspecified atom stereocenters. The first kappa shape index (κ1) is 15.4. The lowest BCUT2D eigenvalue weighted by molar-refractivity contribution is -0.123. The maximum Gasteiger partial charge on any atom is 0.258 e. The molecule has 0 spiro atoms. The fourth-order valence-electron chi connectivity index (χ4n) is 2.82. The van der Waals surface area contributed by atoms with Gasteiger partial charge in [0.1, 0.15) is 11.5 Å². The molecule has 0 saturated heterocycles. The van der Waals surface area contributed by atoms with Crippen molar-refractivity contribution in [3.8, 4) is 11.5 Å². The highest BCUT2D eigenvalue weighted by Gasteiger charge is 2.11. The van der Waals surface area contributed by atoms with E-state index in [0.29, 0.717) is 6.54 Å². The van der Waals surface area contributed by atoms with E-state index in [4.69, 9.17) is 9.47 Å². The van der Waals surface area contributed by atoms with E-state index >= 15 is 0 Å². The second-order valence-corrected chi connectivity index (χ2v) is 5.70. The van der Waals surface area contributed by atoms with Crippen LogP contribution in [0.15, 0.2) is 42.5 Å². The van der Waals surface area contributed by atoms with Crippen LogP contribution in [0.2, 0.25) is 0 Å². The Balaban J connectivity index is 1.48. The first-order chi connectivity index (χ1) is 11.2. The summed E-state index contributed by atoms with van der Waals surface area (Å²) in [6.45, 7) is 0.492. The van der Waals surface area contributed by atoms with Crippen LogP contribution in [0.3, 0.4) is 0 Å². The molecule has 0 bridgehead atoms. The molecular formula is C19H21NO3. The van der Waals surface area contributed by atoms with Gasteiger partial charge in [0.2, 0.25) is 0 Å². The van der Waals surface area contributed by atoms with Gasteiger partial charge in [-0.15, -0.1) is 0 Å². The number of benzene rings is 2. The number of carbonyl (C=O) groups is 1. The van der Waals surface area contributed by atoms with E-state index in [1.807, 2.05) is 30.3 Å². The van der Waals surface area contributed by atoms with E-state index in [9.17, 15) is 4.79 Å². The van der Waals surface area contributed by atoms with Crippen molar-refractivity contribution < 1.29 is 14.3 Å². The molecular weight excluding hydrogens is 290 g/mol. The van der Waals surface area contributed by atoms with Gasteiger partial charge >= 0.3 is 0 Å². The zero-order chi connectivity index (χ0) is 16.1. The standard InChI is InChI=1S/C19H21NO3/c1-22-17-7-2-4-14(10-17)12-20-19(21)13-23-18-9-8-15-5-3-6-16(15)11-18/h2,4,7-11H,3,5-6,12-13H2,1H3,(H,20,21). The molecule has 3 rings (SSSR count). The molecule has 4 nitrogen and oxygen atoms in total. The summed E-state index contributed by atoms with van der Waals surface area (Å²) >= 11 is 0. The molecule has 23 heavy (non-hydrogen) atoms. The first-order valence-corrected chi connectivity index (χ1v) is 7.89. The normalized spacial score (nSPS) is 12.6. The summed E-state index contributed by atoms with van der Waals surface area (Å²) < 4.78 is 10.8. The molecule has 4 heteroatoms. The van der Waals surface area contributed by atoms with E-state index in [2.05, 4.69) is 17.4 Å². The number of nitrogens with one attached hydrogen (secondary N) is 1. The molecule has 2 aromatic carbocycles. The van der Waals surface area contributed by atoms with Crippen molar-refractivity contribution in [1.82, 2.24) is 5.32 Å². The topological polar surface area (TPSA) is 47.6 Å². The van der Waals surface area contributed by atoms with Gasteiger partial charge in [0.05, 0.1) is 7.11 Å². The lowest BCUT2D eigenvalue weighted by Crippen LogP contribution is -2.28. The third-order valence-electron chi connectivity index (χ3n) is 4.06. The molecule has 1 N–H and O–H groups in total. The minimum absolute atomic E-state index is 0.0305. The van der Waals surface area contributed by atoms with E-state index in [0.717, 1.165) is 29.9 Å². The van der Waals surface area contributed by atoms with Gasteiger partial charge in [-0.25, -0.2) is 0 Å². The Hall–Kier alpha value is -2.49. The fraction of sp³-hybridized carbons (Fsp3) is 0.316. The highest BCUT2D eigenvalue weighted by Crippen LogP contribution is 2.25. The number of hydrogen-bond donors (Lipinski definition) is 1. The molecule has 0 heterocycles. The zero-order valence-corrected chi connectivity index (χ0v) is 13.3. The zero-order valence-electron chi connectivity index (χ0n) is 13.3. The maximum atomic E-state index is 11.9. The molecule has 1 aliphatic rings. The van der Waals surface area contributed by atoms with Crippen LogP contribution in [0.25, 0.3) is 0 Å². The van der Waals surface area contributed by atoms with Gasteiger partial charge in [0, 0.05) is 6.54 Å². The molecule has 0 radical (unpaired) electrons. The molecule has 2 aromatic rings. The minimum atomic E-state index is -0.131. The van der Waals surface area contributed by atoms with Crippen LogP contribution in [0.5, 0.6) is 11.5 Å². The van der Waals surface area contributed by atoms with Crippen molar-refractivity contribution in [3.05, 3.63) is 59.2 Å². The predicted octanol–water partition coefficient (Wildman–Crippen LogP) is 2.88. The van der Waals surface area contributed by atoms with Crippen LogP contribution in [0.4, 0.5) is 0 Å². The second kappa shape index (κ2) is 7.18. The average molecular weight is 311 g/mol. The van der Waals surface area contributed by atoms with Gasteiger partial charge in [-0.2, -0.15) is 0 Å². The lowest BCUT2D eigenvalue weighted by Gasteiger charge is -2.09. The van der Waals surface area contributed by atoms with Gasteiger partial charge in [0.25, 0.3) is 5.91 Å². The number of methoxy groups -OCH3 is 1. The van der Waals surface area contributed by atoms with E-state index in [1.54, 1.807) is 7.11 Å². The van der Waals surface area contributed by atoms with Crippen LogP contribution < -0.4 is 14.8 Å². The number of ether oxygens (including phenoxy) is 2. The summed E-state index contributed by atoms with van der Waals surface area (Å²) in [4.78, 5) is 11.9. The highest BCUT2D eigenvalue weighted by atomic mass is 16.5. The van der Waals surface area contributed by atoms with Crippen molar-refractivity contribution in [2.24, 2.45) is 0 Å². The van der Waals surface area contributed by atoms with Crippen molar-refractivity contribution in [3.63, 3.8) is 0 Å². The Morgan fingerprint density at radius 3 is 2.83 bits per heavy atom. The first-order valence-electron chi connectivity index (χ1n) is 7.89. The van der Waals surface area contributed by atoms with Gasteiger partial charge < -0.3 is 14.8 Å². The van der Waals surface area contributed by atoms with Crippen molar-refractivity contribution in [2.45, 2.75) is 25.8 Å². The third-order valence-corrected chi connectivity index (χ3v) is 4.06. The molecule has 1 aliphatic carbocycles. The number of fused-ring (bicyclic) bond motifs is 1. The van der Waals surface area contributed by atoms with Crippen LogP contribution in [-0.2, 0) is 24.2 Å². The lowest BCUT2D eigenvalue weighted by atomic mass is 10.1. The largest absolute Gasteiger partial charge is 0.497 e. The summed E-state index contributed by atoms with van der Waals surface area (Å²) in [5.41, 5.74) is 3.74. The van der Waals surface area contributed by atoms with Gasteiger partial charge in [-0.3, -0.25) is 4.79 Å². The minimum Gasteiger partial charge on any atom is -0.497 e. The number of hydrogen-bond acceptors (Lipinski definition) is 3. The van der Waals surface area contributed by atoms with Crippen LogP contribution in [0.1, 0.15) is 23.1 Å². The second-order valence-electron chi connectivity index (χ2n) is 5.70. The highest BCUT2D eigenvalue weighted by molar-refractivity contribution is 5.77. The Morgan fingerprint density at radius 1 is 1.09 bits per heavy atom. The summed E-state index contributed by atoms with van der Waals surface area (Å²) in [7, 11) is 1.63. The van der Waals surface area contributed by atoms with Gasteiger partial charge in [-0.05, 0) is 60.2 Å². The van der Waals surface area contributed by atoms with E-state index < -0.39 is 0 Å². The van der Waals surface area contributed by atoms with E-state index in [1.165, 1.54) is 17.5 Å². The monoisotopic (exact) mass is 311 g/mol. The van der Waals surface area contributed by atoms with E-state index in [-0.39, 0.29) is 12.5 Å². The summed E-state index contributed by atoms with van der Waals surface area (Å²) in [5, 5.41) is 2.85. The molecule has 0 atom stereocenters. The Bertz CT molecular complexity index is 697. The van der Waals surface area contributed by atoms with Crippen LogP contribution in [-0.4, -0.2) is 19.6 Å². The smallest absolute Gasteiger partial charge is 0.258 e. The van der Waals surface area contributed by atoms with Gasteiger partial charge in [-0.1, -0.05) is 18.2 Å². The predicted molar refractivity (Wildman–Crippen MR) is 88.8 cm³/mol. The molecule has 1 amide bonds. The third kappa shape index (κ3) is 4.03. The Kier molecular flexibility index (Phi) is 4.81. The number of amides is 1.